The summed E-state index contributed by atoms with van der Waals surface area (Å²) in [7, 11) is 1.66. The molecule has 0 atom stereocenters. The molecule has 0 unspecified atom stereocenters. The number of nitrogens with zero attached hydrogens (tertiary/aromatic N) is 3. The maximum Gasteiger partial charge on any atom is 0.252 e. The first-order valence-electron chi connectivity index (χ1n) is 7.44. The summed E-state index contributed by atoms with van der Waals surface area (Å²) >= 11 is 1.59. The Kier molecular flexibility index (Phi) is 4.66. The van der Waals surface area contributed by atoms with E-state index in [2.05, 4.69) is 22.1 Å². The second kappa shape index (κ2) is 6.87. The maximum absolute atomic E-state index is 11.7. The van der Waals surface area contributed by atoms with Gasteiger partial charge in [0, 0.05) is 17.5 Å². The van der Waals surface area contributed by atoms with Gasteiger partial charge in [0.1, 0.15) is 5.75 Å². The van der Waals surface area contributed by atoms with Crippen molar-refractivity contribution in [2.45, 2.75) is 30.7 Å². The van der Waals surface area contributed by atoms with Crippen LogP contribution >= 0.6 is 11.8 Å². The summed E-state index contributed by atoms with van der Waals surface area (Å²) in [5.74, 6) is 2.09. The Balaban J connectivity index is 1.89. The van der Waals surface area contributed by atoms with Crippen LogP contribution in [-0.4, -0.2) is 26.7 Å². The number of benzene rings is 1. The monoisotopic (exact) mass is 330 g/mol. The van der Waals surface area contributed by atoms with E-state index in [0.717, 1.165) is 40.8 Å². The second-order valence-corrected chi connectivity index (χ2v) is 6.10. The molecule has 3 rings (SSSR count). The van der Waals surface area contributed by atoms with Gasteiger partial charge < -0.3 is 4.74 Å². The Labute approximate surface area is 137 Å². The lowest BCUT2D eigenvalue weighted by Crippen LogP contribution is -2.11. The van der Waals surface area contributed by atoms with Crippen molar-refractivity contribution in [3.63, 3.8) is 0 Å². The van der Waals surface area contributed by atoms with Crippen LogP contribution in [0, 0.1) is 0 Å². The van der Waals surface area contributed by atoms with Gasteiger partial charge in [-0.1, -0.05) is 37.2 Å². The van der Waals surface area contributed by atoms with Gasteiger partial charge in [-0.3, -0.25) is 14.2 Å². The van der Waals surface area contributed by atoms with E-state index >= 15 is 0 Å². The standard InChI is InChI=1S/C16H18N4O2S/c1-3-5-12-9-14(21)17-15-18-19-16(20(12)15)23-10-11-6-4-7-13(8-11)22-2/h4,6-9H,3,5,10H2,1-2H3,(H,17,18,21). The van der Waals surface area contributed by atoms with Gasteiger partial charge in [0.2, 0.25) is 5.78 Å². The lowest BCUT2D eigenvalue weighted by Gasteiger charge is -2.06. The minimum Gasteiger partial charge on any atom is -0.497 e. The number of aryl methyl sites for hydroxylation is 1. The van der Waals surface area contributed by atoms with Crippen LogP contribution in [0.4, 0.5) is 0 Å². The Morgan fingerprint density at radius 2 is 2.17 bits per heavy atom. The predicted molar refractivity (Wildman–Crippen MR) is 90.2 cm³/mol. The average molecular weight is 330 g/mol. The number of hydrogen-bond acceptors (Lipinski definition) is 5. The van der Waals surface area contributed by atoms with Gasteiger partial charge in [-0.15, -0.1) is 10.2 Å². The lowest BCUT2D eigenvalue weighted by molar-refractivity contribution is 0.414. The molecule has 1 N–H and O–H groups in total. The first-order valence-corrected chi connectivity index (χ1v) is 8.43. The molecule has 2 aromatic heterocycles. The largest absolute Gasteiger partial charge is 0.497 e. The molecule has 7 heteroatoms. The number of thioether (sulfide) groups is 1. The molecular formula is C16H18N4O2S. The molecule has 0 aliphatic carbocycles. The number of nitrogens with one attached hydrogen (secondary N) is 1. The Hall–Kier alpha value is -2.28. The second-order valence-electron chi connectivity index (χ2n) is 5.16. The maximum atomic E-state index is 11.7. The normalized spacial score (nSPS) is 11.0. The summed E-state index contributed by atoms with van der Waals surface area (Å²) in [5.41, 5.74) is 1.94. The smallest absolute Gasteiger partial charge is 0.252 e. The lowest BCUT2D eigenvalue weighted by atomic mass is 10.2. The number of ether oxygens (including phenoxy) is 1. The van der Waals surface area contributed by atoms with Crippen LogP contribution in [0.25, 0.3) is 5.78 Å². The highest BCUT2D eigenvalue weighted by Gasteiger charge is 2.11. The van der Waals surface area contributed by atoms with Crippen molar-refractivity contribution < 1.29 is 4.74 Å². The third-order valence-electron chi connectivity index (χ3n) is 3.46. The van der Waals surface area contributed by atoms with Gasteiger partial charge in [-0.2, -0.15) is 0 Å². The third kappa shape index (κ3) is 3.39. The van der Waals surface area contributed by atoms with Crippen LogP contribution in [0.1, 0.15) is 24.6 Å². The van der Waals surface area contributed by atoms with Gasteiger partial charge in [0.05, 0.1) is 7.11 Å². The molecule has 23 heavy (non-hydrogen) atoms. The van der Waals surface area contributed by atoms with Gasteiger partial charge in [-0.05, 0) is 24.1 Å². The molecule has 2 heterocycles. The quantitative estimate of drug-likeness (QED) is 0.704. The number of aromatic nitrogens is 4. The van der Waals surface area contributed by atoms with Crippen molar-refractivity contribution in [2.75, 3.05) is 7.11 Å². The fraction of sp³-hybridized carbons (Fsp3) is 0.312. The molecule has 0 saturated heterocycles. The van der Waals surface area contributed by atoms with Gasteiger partial charge in [0.15, 0.2) is 5.16 Å². The number of fused-ring (bicyclic) bond motifs is 1. The van der Waals surface area contributed by atoms with Crippen LogP contribution in [0.15, 0.2) is 40.3 Å². The molecule has 3 aromatic rings. The first-order chi connectivity index (χ1) is 11.2. The van der Waals surface area contributed by atoms with Crippen molar-refractivity contribution in [1.82, 2.24) is 19.6 Å². The Morgan fingerprint density at radius 3 is 2.96 bits per heavy atom. The number of methoxy groups -OCH3 is 1. The van der Waals surface area contributed by atoms with Gasteiger partial charge in [-0.25, -0.2) is 0 Å². The Morgan fingerprint density at radius 1 is 1.30 bits per heavy atom. The zero-order valence-electron chi connectivity index (χ0n) is 13.1. The highest BCUT2D eigenvalue weighted by molar-refractivity contribution is 7.98. The van der Waals surface area contributed by atoms with E-state index < -0.39 is 0 Å². The van der Waals surface area contributed by atoms with E-state index in [-0.39, 0.29) is 5.56 Å². The average Bonchev–Trinajstić information content (AvgIpc) is 2.96. The number of H-pyrrole nitrogens is 1. The molecule has 0 fully saturated rings. The summed E-state index contributed by atoms with van der Waals surface area (Å²) in [6.07, 6.45) is 1.77. The summed E-state index contributed by atoms with van der Waals surface area (Å²) < 4.78 is 7.17. The van der Waals surface area contributed by atoms with Gasteiger partial charge >= 0.3 is 0 Å². The molecule has 0 aliphatic rings. The van der Waals surface area contributed by atoms with Crippen molar-refractivity contribution in [2.24, 2.45) is 0 Å². The predicted octanol–water partition coefficient (Wildman–Crippen LogP) is 2.67. The van der Waals surface area contributed by atoms with Crippen molar-refractivity contribution >= 4 is 17.5 Å². The van der Waals surface area contributed by atoms with Crippen LogP contribution in [0.3, 0.4) is 0 Å². The number of aromatic amines is 1. The molecule has 0 bridgehead atoms. The Bertz CT molecular complexity index is 872. The van der Waals surface area contributed by atoms with Crippen molar-refractivity contribution in [1.29, 1.82) is 0 Å². The van der Waals surface area contributed by atoms with E-state index in [0.29, 0.717) is 5.78 Å². The molecule has 0 aliphatic heterocycles. The molecule has 6 nitrogen and oxygen atoms in total. The van der Waals surface area contributed by atoms with Crippen molar-refractivity contribution in [3.05, 3.63) is 51.9 Å². The highest BCUT2D eigenvalue weighted by atomic mass is 32.2. The molecule has 0 amide bonds. The van der Waals surface area contributed by atoms with Gasteiger partial charge in [0.25, 0.3) is 5.56 Å². The molecule has 120 valence electrons. The van der Waals surface area contributed by atoms with E-state index in [1.165, 1.54) is 0 Å². The molecule has 0 radical (unpaired) electrons. The van der Waals surface area contributed by atoms with E-state index in [4.69, 9.17) is 4.74 Å². The number of hydrogen-bond donors (Lipinski definition) is 1. The highest BCUT2D eigenvalue weighted by Crippen LogP contribution is 2.24. The van der Waals surface area contributed by atoms with Crippen LogP contribution in [-0.2, 0) is 12.2 Å². The summed E-state index contributed by atoms with van der Waals surface area (Å²) in [4.78, 5) is 14.4. The first kappa shape index (κ1) is 15.6. The minimum absolute atomic E-state index is 0.141. The van der Waals surface area contributed by atoms with Crippen LogP contribution < -0.4 is 10.3 Å². The van der Waals surface area contributed by atoms with E-state index in [1.807, 2.05) is 28.7 Å². The van der Waals surface area contributed by atoms with Crippen LogP contribution in [0.5, 0.6) is 5.75 Å². The molecule has 0 spiro atoms. The topological polar surface area (TPSA) is 72.3 Å². The van der Waals surface area contributed by atoms with E-state index in [9.17, 15) is 4.79 Å². The fourth-order valence-electron chi connectivity index (χ4n) is 2.42. The number of rotatable bonds is 6. The zero-order valence-corrected chi connectivity index (χ0v) is 13.9. The molecule has 1 aromatic carbocycles. The summed E-state index contributed by atoms with van der Waals surface area (Å²) in [6.45, 7) is 2.08. The zero-order chi connectivity index (χ0) is 16.2. The van der Waals surface area contributed by atoms with Crippen LogP contribution in [0.2, 0.25) is 0 Å². The summed E-state index contributed by atoms with van der Waals surface area (Å²) in [5, 5.41) is 9.07. The molecule has 0 saturated carbocycles. The third-order valence-corrected chi connectivity index (χ3v) is 4.46. The molecular weight excluding hydrogens is 312 g/mol. The fourth-order valence-corrected chi connectivity index (χ4v) is 3.32. The van der Waals surface area contributed by atoms with Crippen molar-refractivity contribution in [3.8, 4) is 5.75 Å². The SMILES string of the molecule is CCCc1cc(=O)[nH]c2nnc(SCc3cccc(OC)c3)n12. The van der Waals surface area contributed by atoms with E-state index in [1.54, 1.807) is 24.9 Å². The minimum atomic E-state index is -0.141. The summed E-state index contributed by atoms with van der Waals surface area (Å²) in [6, 6.07) is 9.56.